The second kappa shape index (κ2) is 7.29. The van der Waals surface area contributed by atoms with Crippen LogP contribution in [0.1, 0.15) is 57.7 Å². The van der Waals surface area contributed by atoms with Crippen LogP contribution in [-0.2, 0) is 12.2 Å². The van der Waals surface area contributed by atoms with Gasteiger partial charge in [0.2, 0.25) is 5.89 Å². The van der Waals surface area contributed by atoms with Gasteiger partial charge in [-0.1, -0.05) is 38.3 Å². The van der Waals surface area contributed by atoms with Gasteiger partial charge in [-0.15, -0.1) is 0 Å². The van der Waals surface area contributed by atoms with Gasteiger partial charge in [-0.25, -0.2) is 0 Å². The molecule has 0 amide bonds. The summed E-state index contributed by atoms with van der Waals surface area (Å²) in [6.45, 7) is 3.97. The zero-order valence-electron chi connectivity index (χ0n) is 11.8. The number of aliphatic hydroxyl groups excluding tert-OH is 1. The minimum Gasteiger partial charge on any atom is -0.392 e. The van der Waals surface area contributed by atoms with E-state index >= 15 is 0 Å². The second-order valence-electron chi connectivity index (χ2n) is 5.69. The van der Waals surface area contributed by atoms with E-state index < -0.39 is 6.10 Å². The van der Waals surface area contributed by atoms with Gasteiger partial charge in [-0.2, -0.15) is 16.7 Å². The van der Waals surface area contributed by atoms with Crippen LogP contribution in [0, 0.1) is 5.92 Å². The maximum absolute atomic E-state index is 9.79. The monoisotopic (exact) mass is 284 g/mol. The molecule has 1 fully saturated rings. The molecule has 0 radical (unpaired) electrons. The summed E-state index contributed by atoms with van der Waals surface area (Å²) in [5.74, 6) is 2.36. The Morgan fingerprint density at radius 3 is 2.74 bits per heavy atom. The molecular weight excluding hydrogens is 260 g/mol. The van der Waals surface area contributed by atoms with E-state index in [1.54, 1.807) is 0 Å². The SMILES string of the molecule is CC(C)C(O)Cc1nc(CSC2CCCCC2)no1. The van der Waals surface area contributed by atoms with Crippen molar-refractivity contribution in [3.05, 3.63) is 11.7 Å². The number of aliphatic hydroxyl groups is 1. The van der Waals surface area contributed by atoms with Crippen molar-refractivity contribution < 1.29 is 9.63 Å². The summed E-state index contributed by atoms with van der Waals surface area (Å²) < 4.78 is 5.19. The molecule has 1 saturated carbocycles. The average molecular weight is 284 g/mol. The molecule has 108 valence electrons. The molecule has 0 saturated heterocycles. The zero-order chi connectivity index (χ0) is 13.7. The molecule has 0 aromatic carbocycles. The Bertz CT molecular complexity index is 375. The van der Waals surface area contributed by atoms with Crippen LogP contribution in [0.5, 0.6) is 0 Å². The standard InChI is InChI=1S/C14H24N2O2S/c1-10(2)12(17)8-14-15-13(16-18-14)9-19-11-6-4-3-5-7-11/h10-12,17H,3-9H2,1-2H3. The van der Waals surface area contributed by atoms with Crippen LogP contribution in [0.15, 0.2) is 4.52 Å². The van der Waals surface area contributed by atoms with Crippen LogP contribution in [0.3, 0.4) is 0 Å². The van der Waals surface area contributed by atoms with Gasteiger partial charge in [0.05, 0.1) is 18.3 Å². The Balaban J connectivity index is 1.77. The maximum atomic E-state index is 9.79. The summed E-state index contributed by atoms with van der Waals surface area (Å²) in [4.78, 5) is 4.36. The van der Waals surface area contributed by atoms with Crippen LogP contribution >= 0.6 is 11.8 Å². The fourth-order valence-corrected chi connectivity index (χ4v) is 3.44. The smallest absolute Gasteiger partial charge is 0.229 e. The van der Waals surface area contributed by atoms with Crippen molar-refractivity contribution >= 4 is 11.8 Å². The quantitative estimate of drug-likeness (QED) is 0.869. The molecule has 1 aromatic rings. The molecule has 1 N–H and O–H groups in total. The fourth-order valence-electron chi connectivity index (χ4n) is 2.27. The predicted octanol–water partition coefficient (Wildman–Crippen LogP) is 3.19. The lowest BCUT2D eigenvalue weighted by atomic mass is 10.0. The van der Waals surface area contributed by atoms with E-state index in [9.17, 15) is 5.11 Å². The lowest BCUT2D eigenvalue weighted by Crippen LogP contribution is -2.17. The third-order valence-electron chi connectivity index (χ3n) is 3.66. The van der Waals surface area contributed by atoms with Crippen molar-refractivity contribution in [2.45, 2.75) is 69.5 Å². The first-order valence-electron chi connectivity index (χ1n) is 7.26. The molecule has 0 spiro atoms. The van der Waals surface area contributed by atoms with E-state index in [0.717, 1.165) is 16.8 Å². The van der Waals surface area contributed by atoms with E-state index in [2.05, 4.69) is 10.1 Å². The largest absolute Gasteiger partial charge is 0.392 e. The van der Waals surface area contributed by atoms with Crippen molar-refractivity contribution in [2.75, 3.05) is 0 Å². The summed E-state index contributed by atoms with van der Waals surface area (Å²) >= 11 is 1.94. The van der Waals surface area contributed by atoms with Crippen LogP contribution in [0.2, 0.25) is 0 Å². The van der Waals surface area contributed by atoms with Gasteiger partial charge < -0.3 is 9.63 Å². The van der Waals surface area contributed by atoms with Gasteiger partial charge in [-0.3, -0.25) is 0 Å². The first-order chi connectivity index (χ1) is 9.15. The van der Waals surface area contributed by atoms with E-state index in [1.165, 1.54) is 32.1 Å². The van der Waals surface area contributed by atoms with Gasteiger partial charge in [0.15, 0.2) is 5.82 Å². The molecule has 2 rings (SSSR count). The molecular formula is C14H24N2O2S. The van der Waals surface area contributed by atoms with Crippen LogP contribution in [0.25, 0.3) is 0 Å². The number of aromatic nitrogens is 2. The third kappa shape index (κ3) is 4.80. The molecule has 1 aliphatic rings. The van der Waals surface area contributed by atoms with Crippen molar-refractivity contribution in [3.63, 3.8) is 0 Å². The number of nitrogens with zero attached hydrogens (tertiary/aromatic N) is 2. The Labute approximate surface area is 119 Å². The first kappa shape index (κ1) is 14.9. The molecule has 1 unspecified atom stereocenters. The molecule has 1 atom stereocenters. The molecule has 1 heterocycles. The Morgan fingerprint density at radius 1 is 1.32 bits per heavy atom. The van der Waals surface area contributed by atoms with Gasteiger partial charge in [0.1, 0.15) is 0 Å². The Hall–Kier alpha value is -0.550. The van der Waals surface area contributed by atoms with Gasteiger partial charge in [0.25, 0.3) is 0 Å². The maximum Gasteiger partial charge on any atom is 0.229 e. The molecule has 1 aliphatic carbocycles. The number of rotatable bonds is 6. The van der Waals surface area contributed by atoms with Gasteiger partial charge >= 0.3 is 0 Å². The topological polar surface area (TPSA) is 59.2 Å². The molecule has 0 bridgehead atoms. The summed E-state index contributed by atoms with van der Waals surface area (Å²) in [7, 11) is 0. The molecule has 1 aromatic heterocycles. The van der Waals surface area contributed by atoms with Crippen molar-refractivity contribution in [1.82, 2.24) is 10.1 Å². The summed E-state index contributed by atoms with van der Waals surface area (Å²) in [6, 6.07) is 0. The Kier molecular flexibility index (Phi) is 5.70. The number of thioether (sulfide) groups is 1. The summed E-state index contributed by atoms with van der Waals surface area (Å²) in [5.41, 5.74) is 0. The normalized spacial score (nSPS) is 18.9. The van der Waals surface area contributed by atoms with Crippen LogP contribution in [-0.4, -0.2) is 26.6 Å². The summed E-state index contributed by atoms with van der Waals surface area (Å²) in [5, 5.41) is 14.5. The van der Waals surface area contributed by atoms with Crippen LogP contribution < -0.4 is 0 Å². The highest BCUT2D eigenvalue weighted by Crippen LogP contribution is 2.29. The molecule has 0 aliphatic heterocycles. The Morgan fingerprint density at radius 2 is 2.05 bits per heavy atom. The number of hydrogen-bond acceptors (Lipinski definition) is 5. The van der Waals surface area contributed by atoms with Crippen molar-refractivity contribution in [1.29, 1.82) is 0 Å². The fraction of sp³-hybridized carbons (Fsp3) is 0.857. The second-order valence-corrected chi connectivity index (χ2v) is 6.98. The zero-order valence-corrected chi connectivity index (χ0v) is 12.7. The van der Waals surface area contributed by atoms with E-state index in [0.29, 0.717) is 12.3 Å². The van der Waals surface area contributed by atoms with Crippen molar-refractivity contribution in [2.24, 2.45) is 5.92 Å². The average Bonchev–Trinajstić information content (AvgIpc) is 2.85. The lowest BCUT2D eigenvalue weighted by Gasteiger charge is -2.19. The summed E-state index contributed by atoms with van der Waals surface area (Å²) in [6.07, 6.45) is 6.79. The van der Waals surface area contributed by atoms with Crippen molar-refractivity contribution in [3.8, 4) is 0 Å². The molecule has 4 nitrogen and oxygen atoms in total. The highest BCUT2D eigenvalue weighted by atomic mass is 32.2. The first-order valence-corrected chi connectivity index (χ1v) is 8.31. The third-order valence-corrected chi connectivity index (χ3v) is 5.03. The van der Waals surface area contributed by atoms with Gasteiger partial charge in [0, 0.05) is 5.25 Å². The van der Waals surface area contributed by atoms with Crippen LogP contribution in [0.4, 0.5) is 0 Å². The number of hydrogen-bond donors (Lipinski definition) is 1. The minimum atomic E-state index is -0.403. The minimum absolute atomic E-state index is 0.215. The molecule has 19 heavy (non-hydrogen) atoms. The van der Waals surface area contributed by atoms with E-state index in [1.807, 2.05) is 25.6 Å². The van der Waals surface area contributed by atoms with Gasteiger partial charge in [-0.05, 0) is 18.8 Å². The van der Waals surface area contributed by atoms with E-state index in [4.69, 9.17) is 4.52 Å². The highest BCUT2D eigenvalue weighted by Gasteiger charge is 2.17. The highest BCUT2D eigenvalue weighted by molar-refractivity contribution is 7.99. The van der Waals surface area contributed by atoms with E-state index in [-0.39, 0.29) is 5.92 Å². The predicted molar refractivity (Wildman–Crippen MR) is 77.0 cm³/mol. The molecule has 5 heteroatoms. The lowest BCUT2D eigenvalue weighted by molar-refractivity contribution is 0.116.